The first-order chi connectivity index (χ1) is 11.2. The molecule has 10 heteroatoms. The first-order valence-corrected chi connectivity index (χ1v) is 7.19. The number of ketones is 1. The number of hydrogen-bond acceptors (Lipinski definition) is 8. The molecule has 3 heterocycles. The van der Waals surface area contributed by atoms with E-state index in [1.54, 1.807) is 6.92 Å². The summed E-state index contributed by atoms with van der Waals surface area (Å²) < 4.78 is 6.81. The van der Waals surface area contributed by atoms with Crippen molar-refractivity contribution in [2.45, 2.75) is 38.4 Å². The highest BCUT2D eigenvalue weighted by molar-refractivity contribution is 6.08. The lowest BCUT2D eigenvalue weighted by molar-refractivity contribution is -0.133. The molecule has 0 aromatic carbocycles. The molecule has 1 aliphatic rings. The van der Waals surface area contributed by atoms with Gasteiger partial charge in [-0.3, -0.25) is 9.59 Å². The van der Waals surface area contributed by atoms with Crippen LogP contribution in [0.3, 0.4) is 0 Å². The van der Waals surface area contributed by atoms with Crippen LogP contribution in [0.15, 0.2) is 6.20 Å². The van der Waals surface area contributed by atoms with Crippen molar-refractivity contribution in [2.75, 3.05) is 5.73 Å². The van der Waals surface area contributed by atoms with Crippen molar-refractivity contribution in [2.24, 2.45) is 5.73 Å². The number of fused-ring (bicyclic) bond motifs is 1. The maximum absolute atomic E-state index is 11.7. The number of carbonyl (C=O) groups excluding carboxylic acids is 2. The van der Waals surface area contributed by atoms with Gasteiger partial charge in [-0.1, -0.05) is 0 Å². The topological polar surface area (TPSA) is 167 Å². The van der Waals surface area contributed by atoms with Crippen LogP contribution in [0.25, 0.3) is 11.0 Å². The predicted molar refractivity (Wildman–Crippen MR) is 81.8 cm³/mol. The summed E-state index contributed by atoms with van der Waals surface area (Å²) in [6.07, 6.45) is -3.78. The molecule has 0 unspecified atom stereocenters. The van der Waals surface area contributed by atoms with Crippen LogP contribution in [-0.2, 0) is 9.53 Å². The van der Waals surface area contributed by atoms with Gasteiger partial charge in [-0.15, -0.1) is 0 Å². The number of aliphatic hydroxyl groups is 2. The fourth-order valence-corrected chi connectivity index (χ4v) is 2.90. The number of primary amides is 1. The van der Waals surface area contributed by atoms with Gasteiger partial charge in [0.05, 0.1) is 10.9 Å². The highest BCUT2D eigenvalue weighted by atomic mass is 16.6. The monoisotopic (exact) mass is 335 g/mol. The van der Waals surface area contributed by atoms with E-state index in [0.29, 0.717) is 5.82 Å². The lowest BCUT2D eigenvalue weighted by Gasteiger charge is -2.17. The van der Waals surface area contributed by atoms with E-state index in [1.807, 2.05) is 0 Å². The highest BCUT2D eigenvalue weighted by Gasteiger charge is 2.46. The SMILES string of the molecule is CC(=O)[C@H]1O[C@@H](n2cc(C(N)=O)c3c(N)nc(C)nc32)[C@H](O)[C@@H]1O. The van der Waals surface area contributed by atoms with Gasteiger partial charge < -0.3 is 31.0 Å². The molecule has 1 aliphatic heterocycles. The van der Waals surface area contributed by atoms with Crippen LogP contribution >= 0.6 is 0 Å². The Kier molecular flexibility index (Phi) is 3.74. The Morgan fingerprint density at radius 1 is 1.29 bits per heavy atom. The number of carbonyl (C=O) groups is 2. The summed E-state index contributed by atoms with van der Waals surface area (Å²) in [5.74, 6) is -0.789. The number of nitrogen functional groups attached to an aromatic ring is 1. The lowest BCUT2D eigenvalue weighted by atomic mass is 10.1. The zero-order valence-electron chi connectivity index (χ0n) is 13.0. The van der Waals surface area contributed by atoms with Crippen molar-refractivity contribution in [1.82, 2.24) is 14.5 Å². The lowest BCUT2D eigenvalue weighted by Crippen LogP contribution is -2.34. The number of nitrogens with zero attached hydrogens (tertiary/aromatic N) is 3. The van der Waals surface area contributed by atoms with Gasteiger partial charge in [0.1, 0.15) is 35.6 Å². The normalized spacial score (nSPS) is 26.8. The Morgan fingerprint density at radius 3 is 2.50 bits per heavy atom. The molecule has 3 rings (SSSR count). The first-order valence-electron chi connectivity index (χ1n) is 7.19. The summed E-state index contributed by atoms with van der Waals surface area (Å²) in [7, 11) is 0. The number of nitrogens with two attached hydrogens (primary N) is 2. The molecule has 0 aliphatic carbocycles. The van der Waals surface area contributed by atoms with Gasteiger partial charge in [-0.05, 0) is 13.8 Å². The molecule has 6 N–H and O–H groups in total. The van der Waals surface area contributed by atoms with Crippen molar-refractivity contribution >= 4 is 28.5 Å². The van der Waals surface area contributed by atoms with Crippen molar-refractivity contribution in [1.29, 1.82) is 0 Å². The third-order valence-corrected chi connectivity index (χ3v) is 3.99. The molecule has 0 saturated carbocycles. The van der Waals surface area contributed by atoms with Crippen LogP contribution in [0, 0.1) is 6.92 Å². The molecule has 1 amide bonds. The first kappa shape index (κ1) is 16.3. The van der Waals surface area contributed by atoms with Crippen LogP contribution in [0.2, 0.25) is 0 Å². The van der Waals surface area contributed by atoms with Crippen molar-refractivity contribution in [3.8, 4) is 0 Å². The van der Waals surface area contributed by atoms with E-state index in [2.05, 4.69) is 9.97 Å². The Labute approximate surface area is 136 Å². The minimum atomic E-state index is -1.40. The average Bonchev–Trinajstić information content (AvgIpc) is 2.99. The maximum Gasteiger partial charge on any atom is 0.251 e. The summed E-state index contributed by atoms with van der Waals surface area (Å²) in [5, 5.41) is 20.5. The fraction of sp³-hybridized carbons (Fsp3) is 0.429. The third-order valence-electron chi connectivity index (χ3n) is 3.99. The summed E-state index contributed by atoms with van der Waals surface area (Å²) in [6, 6.07) is 0. The van der Waals surface area contributed by atoms with Gasteiger partial charge >= 0.3 is 0 Å². The molecule has 128 valence electrons. The zero-order valence-corrected chi connectivity index (χ0v) is 13.0. The Hall–Kier alpha value is -2.56. The molecule has 10 nitrogen and oxygen atoms in total. The van der Waals surface area contributed by atoms with Gasteiger partial charge in [-0.25, -0.2) is 9.97 Å². The van der Waals surface area contributed by atoms with Crippen molar-refractivity contribution in [3.63, 3.8) is 0 Å². The van der Waals surface area contributed by atoms with Gasteiger partial charge in [-0.2, -0.15) is 0 Å². The average molecular weight is 335 g/mol. The van der Waals surface area contributed by atoms with E-state index in [-0.39, 0.29) is 22.4 Å². The number of aromatic nitrogens is 3. The van der Waals surface area contributed by atoms with E-state index in [0.717, 1.165) is 0 Å². The van der Waals surface area contributed by atoms with Gasteiger partial charge in [0.2, 0.25) is 0 Å². The molecular formula is C14H17N5O5. The molecule has 24 heavy (non-hydrogen) atoms. The summed E-state index contributed by atoms with van der Waals surface area (Å²) in [4.78, 5) is 31.4. The van der Waals surface area contributed by atoms with Crippen LogP contribution in [0.4, 0.5) is 5.82 Å². The largest absolute Gasteiger partial charge is 0.387 e. The van der Waals surface area contributed by atoms with E-state index >= 15 is 0 Å². The molecule has 1 saturated heterocycles. The zero-order chi connectivity index (χ0) is 17.8. The molecule has 2 aromatic rings. The quantitative estimate of drug-likeness (QED) is 0.533. The Balaban J connectivity index is 2.20. The number of aryl methyl sites for hydroxylation is 1. The molecule has 0 radical (unpaired) electrons. The molecule has 2 aromatic heterocycles. The van der Waals surface area contributed by atoms with Crippen LogP contribution in [0.5, 0.6) is 0 Å². The number of hydrogen-bond donors (Lipinski definition) is 4. The fourth-order valence-electron chi connectivity index (χ4n) is 2.90. The van der Waals surface area contributed by atoms with Gasteiger partial charge in [0, 0.05) is 6.20 Å². The van der Waals surface area contributed by atoms with Gasteiger partial charge in [0.15, 0.2) is 12.0 Å². The highest BCUT2D eigenvalue weighted by Crippen LogP contribution is 2.35. The second kappa shape index (κ2) is 5.51. The number of anilines is 1. The second-order valence-electron chi connectivity index (χ2n) is 5.71. The Morgan fingerprint density at radius 2 is 1.96 bits per heavy atom. The van der Waals surface area contributed by atoms with E-state index in [9.17, 15) is 19.8 Å². The number of aliphatic hydroxyl groups excluding tert-OH is 2. The third kappa shape index (κ3) is 2.31. The summed E-state index contributed by atoms with van der Waals surface area (Å²) in [5.41, 5.74) is 11.5. The van der Waals surface area contributed by atoms with E-state index in [4.69, 9.17) is 16.2 Å². The number of amides is 1. The van der Waals surface area contributed by atoms with Crippen LogP contribution in [0.1, 0.15) is 29.3 Å². The molecule has 1 fully saturated rings. The second-order valence-corrected chi connectivity index (χ2v) is 5.71. The predicted octanol–water partition coefficient (Wildman–Crippen LogP) is -1.37. The van der Waals surface area contributed by atoms with Gasteiger partial charge in [0.25, 0.3) is 5.91 Å². The standard InChI is InChI=1S/C14H17N5O5/c1-4(20)10-8(21)9(22)14(24-10)19-3-6(12(16)23)7-11(15)17-5(2)18-13(7)19/h3,8-10,14,21-22H,1-2H3,(H2,16,23)(H2,15,17,18)/t8-,9+,10+,14+/m0/s1. The summed E-state index contributed by atoms with van der Waals surface area (Å²) >= 11 is 0. The molecule has 4 atom stereocenters. The molecule has 0 spiro atoms. The number of ether oxygens (including phenoxy) is 1. The van der Waals surface area contributed by atoms with Crippen LogP contribution in [-0.4, -0.2) is 54.8 Å². The van der Waals surface area contributed by atoms with Crippen molar-refractivity contribution < 1.29 is 24.5 Å². The van der Waals surface area contributed by atoms with E-state index in [1.165, 1.54) is 17.7 Å². The minimum absolute atomic E-state index is 0.0547. The van der Waals surface area contributed by atoms with E-state index < -0.39 is 36.2 Å². The van der Waals surface area contributed by atoms with Crippen LogP contribution < -0.4 is 11.5 Å². The smallest absolute Gasteiger partial charge is 0.251 e. The van der Waals surface area contributed by atoms with Crippen molar-refractivity contribution in [3.05, 3.63) is 17.6 Å². The maximum atomic E-state index is 11.7. The molecular weight excluding hydrogens is 318 g/mol. The summed E-state index contributed by atoms with van der Waals surface area (Å²) in [6.45, 7) is 2.85. The Bertz CT molecular complexity index is 848. The molecule has 0 bridgehead atoms. The minimum Gasteiger partial charge on any atom is -0.387 e. The number of Topliss-reactive ketones (excluding diaryl/α,β-unsaturated/α-hetero) is 1. The number of rotatable bonds is 3.